The summed E-state index contributed by atoms with van der Waals surface area (Å²) in [5.41, 5.74) is 3.38. The number of benzene rings is 1. The van der Waals surface area contributed by atoms with Gasteiger partial charge in [-0.2, -0.15) is 8.75 Å². The van der Waals surface area contributed by atoms with Crippen LogP contribution in [0.15, 0.2) is 28.7 Å². The monoisotopic (exact) mass is 317 g/mol. The molecular formula is C15H15N3O3S. The number of carbonyl (C=O) groups excluding carboxylic acids is 1. The fourth-order valence-electron chi connectivity index (χ4n) is 2.27. The van der Waals surface area contributed by atoms with Crippen LogP contribution in [0.25, 0.3) is 11.0 Å². The van der Waals surface area contributed by atoms with Gasteiger partial charge in [-0.3, -0.25) is 0 Å². The molecule has 0 saturated heterocycles. The quantitative estimate of drug-likeness (QED) is 0.729. The van der Waals surface area contributed by atoms with Gasteiger partial charge in [0.1, 0.15) is 28.1 Å². The van der Waals surface area contributed by atoms with Gasteiger partial charge in [0, 0.05) is 6.54 Å². The number of aromatic nitrogens is 2. The molecule has 0 aliphatic heterocycles. The smallest absolute Gasteiger partial charge is 0.341 e. The summed E-state index contributed by atoms with van der Waals surface area (Å²) in [6, 6.07) is 7.64. The van der Waals surface area contributed by atoms with E-state index in [4.69, 9.17) is 9.15 Å². The van der Waals surface area contributed by atoms with Crippen LogP contribution in [0.3, 0.4) is 0 Å². The van der Waals surface area contributed by atoms with Crippen LogP contribution in [-0.2, 0) is 17.8 Å². The zero-order valence-electron chi connectivity index (χ0n) is 12.3. The molecule has 0 amide bonds. The molecule has 0 bridgehead atoms. The van der Waals surface area contributed by atoms with Crippen LogP contribution in [0.4, 0.5) is 0 Å². The Morgan fingerprint density at radius 3 is 3.05 bits per heavy atom. The van der Waals surface area contributed by atoms with E-state index in [1.165, 1.54) is 18.8 Å². The first-order chi connectivity index (χ1) is 10.7. The minimum atomic E-state index is -0.384. The van der Waals surface area contributed by atoms with Crippen molar-refractivity contribution in [3.8, 4) is 0 Å². The van der Waals surface area contributed by atoms with Crippen molar-refractivity contribution in [3.63, 3.8) is 0 Å². The Balaban J connectivity index is 1.66. The highest BCUT2D eigenvalue weighted by molar-refractivity contribution is 7.00. The van der Waals surface area contributed by atoms with Crippen LogP contribution in [0.5, 0.6) is 0 Å². The van der Waals surface area contributed by atoms with Gasteiger partial charge in [0.15, 0.2) is 0 Å². The number of ether oxygens (including phenoxy) is 1. The molecule has 0 unspecified atom stereocenters. The summed E-state index contributed by atoms with van der Waals surface area (Å²) in [7, 11) is 1.36. The van der Waals surface area contributed by atoms with Crippen LogP contribution >= 0.6 is 11.7 Å². The maximum Gasteiger partial charge on any atom is 0.341 e. The first-order valence-electron chi connectivity index (χ1n) is 6.77. The Kier molecular flexibility index (Phi) is 4.17. The maximum atomic E-state index is 11.5. The lowest BCUT2D eigenvalue weighted by Crippen LogP contribution is -2.12. The number of fused-ring (bicyclic) bond motifs is 1. The van der Waals surface area contributed by atoms with Gasteiger partial charge in [0.05, 0.1) is 25.4 Å². The van der Waals surface area contributed by atoms with Crippen molar-refractivity contribution in [3.05, 3.63) is 46.9 Å². The number of aryl methyl sites for hydroxylation is 1. The van der Waals surface area contributed by atoms with Crippen molar-refractivity contribution in [1.29, 1.82) is 0 Å². The SMILES string of the molecule is COC(=O)c1cc(CNCc2cccc3nsnc23)oc1C. The summed E-state index contributed by atoms with van der Waals surface area (Å²) >= 11 is 1.21. The average molecular weight is 317 g/mol. The van der Waals surface area contributed by atoms with Crippen LogP contribution < -0.4 is 5.32 Å². The molecule has 0 radical (unpaired) electrons. The highest BCUT2D eigenvalue weighted by Gasteiger charge is 2.15. The number of nitrogens with zero attached hydrogens (tertiary/aromatic N) is 2. The number of furan rings is 1. The van der Waals surface area contributed by atoms with Crippen LogP contribution in [0, 0.1) is 6.92 Å². The van der Waals surface area contributed by atoms with E-state index in [-0.39, 0.29) is 5.97 Å². The van der Waals surface area contributed by atoms with Gasteiger partial charge in [0.2, 0.25) is 0 Å². The first-order valence-corrected chi connectivity index (χ1v) is 7.50. The zero-order valence-corrected chi connectivity index (χ0v) is 13.1. The third-order valence-electron chi connectivity index (χ3n) is 3.36. The molecule has 0 atom stereocenters. The molecule has 1 aromatic carbocycles. The molecule has 114 valence electrons. The third kappa shape index (κ3) is 2.86. The number of carbonyl (C=O) groups is 1. The summed E-state index contributed by atoms with van der Waals surface area (Å²) < 4.78 is 18.8. The lowest BCUT2D eigenvalue weighted by molar-refractivity contribution is 0.0599. The third-order valence-corrected chi connectivity index (χ3v) is 3.90. The zero-order chi connectivity index (χ0) is 15.5. The number of rotatable bonds is 5. The summed E-state index contributed by atoms with van der Waals surface area (Å²) in [6.07, 6.45) is 0. The second-order valence-corrected chi connectivity index (χ2v) is 5.36. The molecule has 7 heteroatoms. The topological polar surface area (TPSA) is 77.2 Å². The summed E-state index contributed by atoms with van der Waals surface area (Å²) in [5, 5.41) is 3.29. The molecule has 2 heterocycles. The van der Waals surface area contributed by atoms with Gasteiger partial charge in [-0.05, 0) is 24.6 Å². The van der Waals surface area contributed by atoms with Crippen molar-refractivity contribution in [2.24, 2.45) is 0 Å². The van der Waals surface area contributed by atoms with E-state index >= 15 is 0 Å². The Labute approximate surface area is 131 Å². The second-order valence-electron chi connectivity index (χ2n) is 4.83. The van der Waals surface area contributed by atoms with E-state index in [2.05, 4.69) is 14.1 Å². The molecule has 0 saturated carbocycles. The van der Waals surface area contributed by atoms with E-state index in [0.29, 0.717) is 30.2 Å². The number of esters is 1. The molecule has 1 N–H and O–H groups in total. The van der Waals surface area contributed by atoms with Crippen molar-refractivity contribution < 1.29 is 13.9 Å². The van der Waals surface area contributed by atoms with E-state index < -0.39 is 0 Å². The molecular weight excluding hydrogens is 302 g/mol. The largest absolute Gasteiger partial charge is 0.465 e. The fourth-order valence-corrected chi connectivity index (χ4v) is 2.84. The Morgan fingerprint density at radius 2 is 2.23 bits per heavy atom. The molecule has 2 aromatic heterocycles. The number of methoxy groups -OCH3 is 1. The summed E-state index contributed by atoms with van der Waals surface area (Å²) in [5.74, 6) is 0.877. The van der Waals surface area contributed by atoms with Crippen LogP contribution in [0.2, 0.25) is 0 Å². The molecule has 0 spiro atoms. The van der Waals surface area contributed by atoms with Gasteiger partial charge >= 0.3 is 5.97 Å². The Bertz CT molecular complexity index is 809. The molecule has 0 aliphatic rings. The normalized spacial score (nSPS) is 11.0. The predicted octanol–water partition coefficient (Wildman–Crippen LogP) is 2.67. The minimum absolute atomic E-state index is 0.384. The van der Waals surface area contributed by atoms with Gasteiger partial charge in [-0.1, -0.05) is 12.1 Å². The summed E-state index contributed by atoms with van der Waals surface area (Å²) in [6.45, 7) is 2.92. The molecule has 22 heavy (non-hydrogen) atoms. The van der Waals surface area contributed by atoms with Crippen molar-refractivity contribution in [2.75, 3.05) is 7.11 Å². The van der Waals surface area contributed by atoms with E-state index in [1.54, 1.807) is 13.0 Å². The van der Waals surface area contributed by atoms with Gasteiger partial charge in [-0.15, -0.1) is 0 Å². The molecule has 3 rings (SSSR count). The molecule has 0 fully saturated rings. The van der Waals surface area contributed by atoms with Gasteiger partial charge in [0.25, 0.3) is 0 Å². The molecule has 3 aromatic rings. The number of hydrogen-bond acceptors (Lipinski definition) is 7. The fraction of sp³-hybridized carbons (Fsp3) is 0.267. The predicted molar refractivity (Wildman–Crippen MR) is 82.7 cm³/mol. The minimum Gasteiger partial charge on any atom is -0.465 e. The van der Waals surface area contributed by atoms with Crippen LogP contribution in [-0.4, -0.2) is 21.8 Å². The Hall–Kier alpha value is -2.25. The summed E-state index contributed by atoms with van der Waals surface area (Å²) in [4.78, 5) is 11.5. The lowest BCUT2D eigenvalue weighted by Gasteiger charge is -2.03. The highest BCUT2D eigenvalue weighted by Crippen LogP contribution is 2.18. The second kappa shape index (κ2) is 6.25. The first kappa shape index (κ1) is 14.7. The highest BCUT2D eigenvalue weighted by atomic mass is 32.1. The maximum absolute atomic E-state index is 11.5. The molecule has 0 aliphatic carbocycles. The van der Waals surface area contributed by atoms with Crippen molar-refractivity contribution in [2.45, 2.75) is 20.0 Å². The van der Waals surface area contributed by atoms with Crippen molar-refractivity contribution >= 4 is 28.7 Å². The Morgan fingerprint density at radius 1 is 1.36 bits per heavy atom. The van der Waals surface area contributed by atoms with E-state index in [1.807, 2.05) is 18.2 Å². The lowest BCUT2D eigenvalue weighted by atomic mass is 10.2. The standard InChI is InChI=1S/C15H15N3O3S/c1-9-12(15(19)20-2)6-11(21-9)8-16-7-10-4-3-5-13-14(10)18-22-17-13/h3-6,16H,7-8H2,1-2H3. The molecule has 6 nitrogen and oxygen atoms in total. The van der Waals surface area contributed by atoms with Crippen LogP contribution in [0.1, 0.15) is 27.4 Å². The van der Waals surface area contributed by atoms with Gasteiger partial charge < -0.3 is 14.5 Å². The number of nitrogens with one attached hydrogen (secondary N) is 1. The van der Waals surface area contributed by atoms with E-state index in [9.17, 15) is 4.79 Å². The van der Waals surface area contributed by atoms with Gasteiger partial charge in [-0.25, -0.2) is 4.79 Å². The van der Waals surface area contributed by atoms with E-state index in [0.717, 1.165) is 16.6 Å². The van der Waals surface area contributed by atoms with Crippen molar-refractivity contribution in [1.82, 2.24) is 14.1 Å². The average Bonchev–Trinajstić information content (AvgIpc) is 3.13. The number of hydrogen-bond donors (Lipinski definition) is 1.